The molecule has 0 fully saturated rings. The monoisotopic (exact) mass is 409 g/mol. The van der Waals surface area contributed by atoms with Gasteiger partial charge >= 0.3 is 0 Å². The quantitative estimate of drug-likeness (QED) is 0.605. The SMILES string of the molecule is CCCC(NC(=O)CCc1nc2sc3c(c2c(=O)[nH]1)CCCC3)c1ccccc1. The number of aromatic amines is 1. The van der Waals surface area contributed by atoms with Gasteiger partial charge in [0.1, 0.15) is 10.7 Å². The van der Waals surface area contributed by atoms with Crippen LogP contribution in [0.15, 0.2) is 35.1 Å². The molecule has 0 saturated heterocycles. The highest BCUT2D eigenvalue weighted by molar-refractivity contribution is 7.18. The third-order valence-corrected chi connectivity index (χ3v) is 6.76. The van der Waals surface area contributed by atoms with Crippen molar-refractivity contribution in [1.82, 2.24) is 15.3 Å². The minimum absolute atomic E-state index is 0.0134. The van der Waals surface area contributed by atoms with Crippen molar-refractivity contribution in [3.8, 4) is 0 Å². The van der Waals surface area contributed by atoms with E-state index in [1.54, 1.807) is 11.3 Å². The van der Waals surface area contributed by atoms with E-state index in [1.165, 1.54) is 16.9 Å². The van der Waals surface area contributed by atoms with Gasteiger partial charge in [-0.2, -0.15) is 0 Å². The second-order valence-corrected chi connectivity index (χ2v) is 8.81. The predicted molar refractivity (Wildman–Crippen MR) is 117 cm³/mol. The average Bonchev–Trinajstić information content (AvgIpc) is 3.11. The fourth-order valence-electron chi connectivity index (χ4n) is 4.12. The van der Waals surface area contributed by atoms with Gasteiger partial charge in [-0.3, -0.25) is 9.59 Å². The summed E-state index contributed by atoms with van der Waals surface area (Å²) in [6, 6.07) is 10.1. The molecule has 0 bridgehead atoms. The van der Waals surface area contributed by atoms with Gasteiger partial charge in [0.25, 0.3) is 5.56 Å². The average molecular weight is 410 g/mol. The highest BCUT2D eigenvalue weighted by Crippen LogP contribution is 2.33. The molecular weight excluding hydrogens is 382 g/mol. The molecule has 2 heterocycles. The molecule has 6 heteroatoms. The Morgan fingerprint density at radius 2 is 2.03 bits per heavy atom. The molecule has 0 saturated carbocycles. The molecule has 0 spiro atoms. The highest BCUT2D eigenvalue weighted by Gasteiger charge is 2.20. The Kier molecular flexibility index (Phi) is 6.09. The van der Waals surface area contributed by atoms with Crippen molar-refractivity contribution in [1.29, 1.82) is 0 Å². The lowest BCUT2D eigenvalue weighted by molar-refractivity contribution is -0.121. The minimum atomic E-state index is -0.0575. The molecular formula is C23H27N3O2S. The summed E-state index contributed by atoms with van der Waals surface area (Å²) < 4.78 is 0. The largest absolute Gasteiger partial charge is 0.349 e. The Hall–Kier alpha value is -2.47. The van der Waals surface area contributed by atoms with Crippen LogP contribution >= 0.6 is 11.3 Å². The Bertz CT molecular complexity index is 1060. The van der Waals surface area contributed by atoms with Gasteiger partial charge < -0.3 is 10.3 Å². The van der Waals surface area contributed by atoms with E-state index in [-0.39, 0.29) is 17.5 Å². The number of nitrogens with one attached hydrogen (secondary N) is 2. The lowest BCUT2D eigenvalue weighted by atomic mass is 9.97. The molecule has 0 radical (unpaired) electrons. The van der Waals surface area contributed by atoms with Gasteiger partial charge in [0.15, 0.2) is 0 Å². The maximum atomic E-state index is 12.6. The van der Waals surface area contributed by atoms with Crippen LogP contribution in [0, 0.1) is 0 Å². The van der Waals surface area contributed by atoms with E-state index in [1.807, 2.05) is 30.3 Å². The van der Waals surface area contributed by atoms with Crippen LogP contribution in [0.5, 0.6) is 0 Å². The number of aryl methyl sites for hydroxylation is 3. The van der Waals surface area contributed by atoms with Crippen molar-refractivity contribution in [3.05, 3.63) is 62.5 Å². The molecule has 5 nitrogen and oxygen atoms in total. The number of rotatable bonds is 7. The van der Waals surface area contributed by atoms with E-state index >= 15 is 0 Å². The van der Waals surface area contributed by atoms with Crippen molar-refractivity contribution < 1.29 is 4.79 Å². The lowest BCUT2D eigenvalue weighted by Gasteiger charge is -2.18. The van der Waals surface area contributed by atoms with Gasteiger partial charge in [-0.15, -0.1) is 11.3 Å². The van der Waals surface area contributed by atoms with E-state index < -0.39 is 0 Å². The van der Waals surface area contributed by atoms with Crippen LogP contribution in [0.25, 0.3) is 10.2 Å². The number of amides is 1. The fourth-order valence-corrected chi connectivity index (χ4v) is 5.40. The van der Waals surface area contributed by atoms with Crippen LogP contribution in [-0.4, -0.2) is 15.9 Å². The number of carbonyl (C=O) groups is 1. The normalized spacial score (nSPS) is 14.5. The van der Waals surface area contributed by atoms with Crippen molar-refractivity contribution in [2.45, 2.75) is 64.3 Å². The van der Waals surface area contributed by atoms with Crippen LogP contribution in [-0.2, 0) is 24.1 Å². The summed E-state index contributed by atoms with van der Waals surface area (Å²) in [5.74, 6) is 0.587. The Balaban J connectivity index is 1.45. The molecule has 29 heavy (non-hydrogen) atoms. The van der Waals surface area contributed by atoms with E-state index in [4.69, 9.17) is 0 Å². The molecule has 152 valence electrons. The van der Waals surface area contributed by atoms with Gasteiger partial charge in [-0.05, 0) is 43.2 Å². The van der Waals surface area contributed by atoms with Crippen LogP contribution in [0.4, 0.5) is 0 Å². The number of carbonyl (C=O) groups excluding carboxylic acids is 1. The highest BCUT2D eigenvalue weighted by atomic mass is 32.1. The summed E-state index contributed by atoms with van der Waals surface area (Å²) >= 11 is 1.65. The second-order valence-electron chi connectivity index (χ2n) is 7.72. The number of thiophene rings is 1. The first-order chi connectivity index (χ1) is 14.2. The zero-order valence-electron chi connectivity index (χ0n) is 16.8. The van der Waals surface area contributed by atoms with Gasteiger partial charge in [0.05, 0.1) is 11.4 Å². The van der Waals surface area contributed by atoms with Gasteiger partial charge in [-0.25, -0.2) is 4.98 Å². The topological polar surface area (TPSA) is 74.8 Å². The van der Waals surface area contributed by atoms with Crippen molar-refractivity contribution in [3.63, 3.8) is 0 Å². The number of nitrogens with zero attached hydrogens (tertiary/aromatic N) is 1. The molecule has 4 rings (SSSR count). The first-order valence-electron chi connectivity index (χ1n) is 10.5. The number of benzene rings is 1. The summed E-state index contributed by atoms with van der Waals surface area (Å²) in [7, 11) is 0. The maximum Gasteiger partial charge on any atom is 0.259 e. The van der Waals surface area contributed by atoms with Gasteiger partial charge in [0, 0.05) is 17.7 Å². The minimum Gasteiger partial charge on any atom is -0.349 e. The second kappa shape index (κ2) is 8.91. The molecule has 1 unspecified atom stereocenters. The third-order valence-electron chi connectivity index (χ3n) is 5.58. The van der Waals surface area contributed by atoms with E-state index in [9.17, 15) is 9.59 Å². The fraction of sp³-hybridized carbons (Fsp3) is 0.435. The molecule has 3 aromatic rings. The molecule has 1 aromatic carbocycles. The molecule has 2 N–H and O–H groups in total. The summed E-state index contributed by atoms with van der Waals surface area (Å²) in [4.78, 5) is 34.9. The van der Waals surface area contributed by atoms with E-state index in [0.717, 1.165) is 47.9 Å². The molecule has 2 aromatic heterocycles. The van der Waals surface area contributed by atoms with Crippen molar-refractivity contribution >= 4 is 27.5 Å². The smallest absolute Gasteiger partial charge is 0.259 e. The first-order valence-corrected chi connectivity index (χ1v) is 11.3. The predicted octanol–water partition coefficient (Wildman–Crippen LogP) is 4.45. The summed E-state index contributed by atoms with van der Waals surface area (Å²) in [5, 5.41) is 3.91. The maximum absolute atomic E-state index is 12.6. The van der Waals surface area contributed by atoms with Crippen LogP contribution in [0.3, 0.4) is 0 Å². The van der Waals surface area contributed by atoms with Crippen LogP contribution in [0.2, 0.25) is 0 Å². The van der Waals surface area contributed by atoms with Crippen molar-refractivity contribution in [2.24, 2.45) is 0 Å². The van der Waals surface area contributed by atoms with Gasteiger partial charge in [-0.1, -0.05) is 43.7 Å². The van der Waals surface area contributed by atoms with E-state index in [2.05, 4.69) is 22.2 Å². The molecule has 0 aliphatic heterocycles. The van der Waals surface area contributed by atoms with Crippen LogP contribution < -0.4 is 10.9 Å². The molecule has 1 aliphatic carbocycles. The standard InChI is InChI=1S/C23H27N3O2S/c1-2-8-17(15-9-4-3-5-10-15)24-20(27)14-13-19-25-22(28)21-16-11-6-7-12-18(16)29-23(21)26-19/h3-5,9-10,17H,2,6-8,11-14H2,1H3,(H,24,27)(H,25,26,28). The van der Waals surface area contributed by atoms with E-state index in [0.29, 0.717) is 18.7 Å². The molecule has 1 atom stereocenters. The molecule has 1 amide bonds. The summed E-state index contributed by atoms with van der Waals surface area (Å²) in [6.45, 7) is 2.12. The Morgan fingerprint density at radius 1 is 1.24 bits per heavy atom. The number of aromatic nitrogens is 2. The van der Waals surface area contributed by atoms with Gasteiger partial charge in [0.2, 0.25) is 5.91 Å². The number of H-pyrrole nitrogens is 1. The Labute approximate surface area is 174 Å². The lowest BCUT2D eigenvalue weighted by Crippen LogP contribution is -2.29. The summed E-state index contributed by atoms with van der Waals surface area (Å²) in [6.07, 6.45) is 6.99. The Morgan fingerprint density at radius 3 is 2.83 bits per heavy atom. The van der Waals surface area contributed by atoms with Crippen LogP contribution in [0.1, 0.15) is 66.9 Å². The number of hydrogen-bond donors (Lipinski definition) is 2. The third kappa shape index (κ3) is 4.42. The van der Waals surface area contributed by atoms with Crippen molar-refractivity contribution in [2.75, 3.05) is 0 Å². The summed E-state index contributed by atoms with van der Waals surface area (Å²) in [5.41, 5.74) is 2.26. The number of hydrogen-bond acceptors (Lipinski definition) is 4. The number of fused-ring (bicyclic) bond motifs is 3. The first kappa shape index (κ1) is 19.8. The zero-order chi connectivity index (χ0) is 20.2. The zero-order valence-corrected chi connectivity index (χ0v) is 17.6. The molecule has 1 aliphatic rings.